The molecule has 3 heteroatoms. The zero-order valence-corrected chi connectivity index (χ0v) is 7.35. The van der Waals surface area contributed by atoms with Gasteiger partial charge in [0.1, 0.15) is 0 Å². The lowest BCUT2D eigenvalue weighted by Crippen LogP contribution is -1.87. The first kappa shape index (κ1) is 6.73. The second kappa shape index (κ2) is 2.27. The molecule has 0 fully saturated rings. The summed E-state index contributed by atoms with van der Waals surface area (Å²) in [7, 11) is 0. The Labute approximate surface area is 72.5 Å². The average Bonchev–Trinajstić information content (AvgIpc) is 2.45. The summed E-state index contributed by atoms with van der Waals surface area (Å²) in [6.07, 6.45) is 1.88. The molecule has 0 aliphatic carbocycles. The summed E-state index contributed by atoms with van der Waals surface area (Å²) in [4.78, 5) is 3.07. The van der Waals surface area contributed by atoms with Gasteiger partial charge in [-0.25, -0.2) is 0 Å². The highest BCUT2D eigenvalue weighted by Gasteiger charge is 2.00. The van der Waals surface area contributed by atoms with Gasteiger partial charge in [0.05, 0.1) is 11.2 Å². The molecule has 2 aromatic rings. The number of nitrogens with one attached hydrogen (secondary N) is 1. The van der Waals surface area contributed by atoms with E-state index in [-0.39, 0.29) is 0 Å². The Morgan fingerprint density at radius 1 is 1.27 bits per heavy atom. The van der Waals surface area contributed by atoms with Crippen molar-refractivity contribution in [1.82, 2.24) is 4.98 Å². The second-order valence-corrected chi connectivity index (χ2v) is 3.26. The molecule has 56 valence electrons. The molecule has 0 aliphatic heterocycles. The van der Waals surface area contributed by atoms with Gasteiger partial charge in [-0.15, -0.1) is 0 Å². The van der Waals surface area contributed by atoms with Crippen LogP contribution in [0, 0.1) is 0 Å². The lowest BCUT2D eigenvalue weighted by molar-refractivity contribution is 1.47. The number of aromatic nitrogens is 1. The fourth-order valence-corrected chi connectivity index (χ4v) is 1.46. The molecule has 0 bridgehead atoms. The Hall–Kier alpha value is -0.960. The fourth-order valence-electron chi connectivity index (χ4n) is 1.13. The largest absolute Gasteiger partial charge is 0.396 e. The molecule has 0 radical (unpaired) electrons. The predicted octanol–water partition coefficient (Wildman–Crippen LogP) is 2.51. The van der Waals surface area contributed by atoms with Crippen molar-refractivity contribution in [2.24, 2.45) is 0 Å². The Morgan fingerprint density at radius 2 is 2.09 bits per heavy atom. The van der Waals surface area contributed by atoms with E-state index in [9.17, 15) is 0 Å². The number of H-pyrrole nitrogens is 1. The highest BCUT2D eigenvalue weighted by atomic mass is 79.9. The smallest absolute Gasteiger partial charge is 0.0703 e. The van der Waals surface area contributed by atoms with E-state index in [4.69, 9.17) is 5.73 Å². The Kier molecular flexibility index (Phi) is 1.39. The monoisotopic (exact) mass is 210 g/mol. The average molecular weight is 211 g/mol. The van der Waals surface area contributed by atoms with Crippen molar-refractivity contribution >= 4 is 32.5 Å². The first-order valence-corrected chi connectivity index (χ1v) is 4.09. The number of hydrogen-bond donors (Lipinski definition) is 2. The molecule has 1 heterocycles. The Balaban J connectivity index is 2.93. The minimum atomic E-state index is 0.771. The van der Waals surface area contributed by atoms with Crippen molar-refractivity contribution in [3.8, 4) is 0 Å². The van der Waals surface area contributed by atoms with Gasteiger partial charge in [0.25, 0.3) is 0 Å². The van der Waals surface area contributed by atoms with Gasteiger partial charge in [-0.2, -0.15) is 0 Å². The van der Waals surface area contributed by atoms with Gasteiger partial charge in [0.15, 0.2) is 0 Å². The lowest BCUT2D eigenvalue weighted by atomic mass is 10.2. The Morgan fingerprint density at radius 3 is 2.91 bits per heavy atom. The third-order valence-corrected chi connectivity index (χ3v) is 2.41. The summed E-state index contributed by atoms with van der Waals surface area (Å²) in [6.45, 7) is 0. The summed E-state index contributed by atoms with van der Waals surface area (Å²) in [5, 5.41) is 1.14. The third kappa shape index (κ3) is 0.922. The van der Waals surface area contributed by atoms with E-state index in [0.717, 1.165) is 21.1 Å². The minimum absolute atomic E-state index is 0.771. The molecule has 0 atom stereocenters. The maximum Gasteiger partial charge on any atom is 0.0703 e. The number of anilines is 1. The van der Waals surface area contributed by atoms with Crippen molar-refractivity contribution in [3.63, 3.8) is 0 Å². The molecular formula is C8H7BrN2. The molecule has 0 saturated heterocycles. The van der Waals surface area contributed by atoms with Crippen LogP contribution in [0.25, 0.3) is 10.9 Å². The molecule has 0 unspecified atom stereocenters. The van der Waals surface area contributed by atoms with Crippen molar-refractivity contribution in [2.45, 2.75) is 0 Å². The number of hydrogen-bond acceptors (Lipinski definition) is 1. The number of nitrogens with two attached hydrogens (primary N) is 1. The predicted molar refractivity (Wildman–Crippen MR) is 50.4 cm³/mol. The van der Waals surface area contributed by atoms with Crippen LogP contribution in [0.2, 0.25) is 0 Å². The van der Waals surface area contributed by atoms with E-state index in [1.165, 1.54) is 0 Å². The summed E-state index contributed by atoms with van der Waals surface area (Å²) < 4.78 is 0.937. The summed E-state index contributed by atoms with van der Waals surface area (Å²) in [5.74, 6) is 0. The van der Waals surface area contributed by atoms with Gasteiger partial charge in [-0.1, -0.05) is 6.07 Å². The quantitative estimate of drug-likeness (QED) is 0.646. The van der Waals surface area contributed by atoms with Crippen molar-refractivity contribution in [1.29, 1.82) is 0 Å². The van der Waals surface area contributed by atoms with Crippen molar-refractivity contribution in [3.05, 3.63) is 28.9 Å². The molecule has 0 saturated carbocycles. The minimum Gasteiger partial charge on any atom is -0.396 e. The van der Waals surface area contributed by atoms with Crippen LogP contribution < -0.4 is 5.73 Å². The van der Waals surface area contributed by atoms with E-state index < -0.39 is 0 Å². The number of aromatic amines is 1. The van der Waals surface area contributed by atoms with Gasteiger partial charge in [-0.3, -0.25) is 0 Å². The van der Waals surface area contributed by atoms with Gasteiger partial charge in [-0.05, 0) is 28.1 Å². The normalized spacial score (nSPS) is 10.6. The highest BCUT2D eigenvalue weighted by molar-refractivity contribution is 9.10. The maximum atomic E-state index is 5.78. The van der Waals surface area contributed by atoms with E-state index >= 15 is 0 Å². The van der Waals surface area contributed by atoms with Crippen LogP contribution in [0.1, 0.15) is 0 Å². The lowest BCUT2D eigenvalue weighted by Gasteiger charge is -1.98. The third-order valence-electron chi connectivity index (χ3n) is 1.72. The van der Waals surface area contributed by atoms with Crippen LogP contribution in [0.5, 0.6) is 0 Å². The van der Waals surface area contributed by atoms with E-state index in [0.29, 0.717) is 0 Å². The number of fused-ring (bicyclic) bond motifs is 1. The molecular weight excluding hydrogens is 204 g/mol. The molecule has 2 rings (SSSR count). The van der Waals surface area contributed by atoms with Gasteiger partial charge in [0, 0.05) is 16.1 Å². The SMILES string of the molecule is Nc1c(Br)ccc2cc[nH]c12. The summed E-state index contributed by atoms with van der Waals surface area (Å²) >= 11 is 3.36. The van der Waals surface area contributed by atoms with Crippen molar-refractivity contribution < 1.29 is 0 Å². The van der Waals surface area contributed by atoms with Crippen LogP contribution >= 0.6 is 15.9 Å². The number of nitrogen functional groups attached to an aromatic ring is 1. The molecule has 1 aromatic carbocycles. The molecule has 1 aromatic heterocycles. The molecule has 2 nitrogen and oxygen atoms in total. The molecule has 0 amide bonds. The zero-order valence-electron chi connectivity index (χ0n) is 5.76. The van der Waals surface area contributed by atoms with Gasteiger partial charge >= 0.3 is 0 Å². The molecule has 0 aliphatic rings. The second-order valence-electron chi connectivity index (χ2n) is 2.40. The Bertz CT molecular complexity index is 392. The van der Waals surface area contributed by atoms with Gasteiger partial charge < -0.3 is 10.7 Å². The topological polar surface area (TPSA) is 41.8 Å². The molecule has 0 spiro atoms. The first-order chi connectivity index (χ1) is 5.29. The van der Waals surface area contributed by atoms with Gasteiger partial charge in [0.2, 0.25) is 0 Å². The molecule has 3 N–H and O–H groups in total. The summed E-state index contributed by atoms with van der Waals surface area (Å²) in [6, 6.07) is 5.97. The standard InChI is InChI=1S/C8H7BrN2/c9-6-2-1-5-3-4-11-8(5)7(6)10/h1-4,11H,10H2. The van der Waals surface area contributed by atoms with E-state index in [1.54, 1.807) is 0 Å². The van der Waals surface area contributed by atoms with Crippen LogP contribution in [-0.4, -0.2) is 4.98 Å². The van der Waals surface area contributed by atoms with Crippen LogP contribution in [0.4, 0.5) is 5.69 Å². The molecule has 11 heavy (non-hydrogen) atoms. The fraction of sp³-hybridized carbons (Fsp3) is 0. The van der Waals surface area contributed by atoms with Crippen LogP contribution in [0.15, 0.2) is 28.9 Å². The van der Waals surface area contributed by atoms with Crippen LogP contribution in [0.3, 0.4) is 0 Å². The maximum absolute atomic E-state index is 5.78. The number of benzene rings is 1. The van der Waals surface area contributed by atoms with E-state index in [1.807, 2.05) is 24.4 Å². The van der Waals surface area contributed by atoms with Crippen LogP contribution in [-0.2, 0) is 0 Å². The summed E-state index contributed by atoms with van der Waals surface area (Å²) in [5.41, 5.74) is 7.55. The number of rotatable bonds is 0. The van der Waals surface area contributed by atoms with Crippen molar-refractivity contribution in [2.75, 3.05) is 5.73 Å². The zero-order chi connectivity index (χ0) is 7.84. The first-order valence-electron chi connectivity index (χ1n) is 3.30. The highest BCUT2D eigenvalue weighted by Crippen LogP contribution is 2.27. The number of halogens is 1. The van der Waals surface area contributed by atoms with E-state index in [2.05, 4.69) is 20.9 Å².